The molecule has 3 heterocycles. The Hall–Kier alpha value is -2.47. The van der Waals surface area contributed by atoms with Crippen LogP contribution in [0.5, 0.6) is 0 Å². The molecule has 0 N–H and O–H groups in total. The number of amides is 1. The van der Waals surface area contributed by atoms with E-state index >= 15 is 0 Å². The number of nitrogens with zero attached hydrogens (tertiary/aromatic N) is 3. The van der Waals surface area contributed by atoms with Gasteiger partial charge < -0.3 is 4.90 Å². The Labute approximate surface area is 155 Å². The van der Waals surface area contributed by atoms with Crippen molar-refractivity contribution in [2.75, 3.05) is 6.54 Å². The van der Waals surface area contributed by atoms with Crippen LogP contribution in [0.25, 0.3) is 21.3 Å². The molecule has 1 aliphatic heterocycles. The van der Waals surface area contributed by atoms with E-state index in [-0.39, 0.29) is 24.1 Å². The lowest BCUT2D eigenvalue weighted by molar-refractivity contribution is -0.135. The molecule has 0 saturated carbocycles. The van der Waals surface area contributed by atoms with E-state index in [1.807, 2.05) is 40.6 Å². The number of fused-ring (bicyclic) bond motifs is 1. The summed E-state index contributed by atoms with van der Waals surface area (Å²) in [6, 6.07) is 11.7. The Morgan fingerprint density at radius 2 is 2.00 bits per heavy atom. The molecule has 0 unspecified atom stereocenters. The van der Waals surface area contributed by atoms with Gasteiger partial charge in [-0.15, -0.1) is 11.3 Å². The molecule has 26 heavy (non-hydrogen) atoms. The number of likely N-dealkylation sites (tertiary alicyclic amines) is 1. The quantitative estimate of drug-likeness (QED) is 0.712. The van der Waals surface area contributed by atoms with Crippen molar-refractivity contribution in [2.24, 2.45) is 0 Å². The van der Waals surface area contributed by atoms with Crippen molar-refractivity contribution in [1.82, 2.24) is 14.7 Å². The molecule has 1 aromatic carbocycles. The minimum atomic E-state index is -0.209. The highest BCUT2D eigenvalue weighted by atomic mass is 32.1. The lowest BCUT2D eigenvalue weighted by Crippen LogP contribution is -2.45. The molecule has 4 rings (SSSR count). The zero-order chi connectivity index (χ0) is 18.1. The minimum Gasteiger partial charge on any atom is -0.338 e. The summed E-state index contributed by atoms with van der Waals surface area (Å²) >= 11 is 1.58. The summed E-state index contributed by atoms with van der Waals surface area (Å²) in [5, 5.41) is 7.99. The summed E-state index contributed by atoms with van der Waals surface area (Å²) in [6.07, 6.45) is 3.20. The van der Waals surface area contributed by atoms with Crippen LogP contribution < -0.4 is 5.56 Å². The van der Waals surface area contributed by atoms with Crippen LogP contribution in [0, 0.1) is 0 Å². The van der Waals surface area contributed by atoms with Gasteiger partial charge in [0.15, 0.2) is 0 Å². The second-order valence-corrected chi connectivity index (χ2v) is 7.71. The average molecular weight is 367 g/mol. The first-order chi connectivity index (χ1) is 12.6. The molecular weight excluding hydrogens is 346 g/mol. The molecule has 0 radical (unpaired) electrons. The summed E-state index contributed by atoms with van der Waals surface area (Å²) < 4.78 is 1.33. The Bertz CT molecular complexity index is 994. The maximum absolute atomic E-state index is 12.9. The van der Waals surface area contributed by atoms with Gasteiger partial charge in [-0.05, 0) is 43.7 Å². The number of piperidine rings is 1. The van der Waals surface area contributed by atoms with Gasteiger partial charge in [0.1, 0.15) is 12.2 Å². The number of thiophene rings is 1. The Balaban J connectivity index is 1.77. The SMILES string of the molecule is C[C@H]1CCCCN1C(=O)Cn1nc(-c2cccs2)c2ccccc2c1=O. The zero-order valence-electron chi connectivity index (χ0n) is 14.7. The van der Waals surface area contributed by atoms with Crippen LogP contribution in [-0.4, -0.2) is 33.2 Å². The van der Waals surface area contributed by atoms with Gasteiger partial charge in [0.05, 0.1) is 10.3 Å². The van der Waals surface area contributed by atoms with Crippen molar-refractivity contribution in [3.8, 4) is 10.6 Å². The second kappa shape index (κ2) is 7.03. The molecule has 1 amide bonds. The van der Waals surface area contributed by atoms with Crippen molar-refractivity contribution in [2.45, 2.75) is 38.8 Å². The number of carbonyl (C=O) groups is 1. The molecule has 3 aromatic rings. The lowest BCUT2D eigenvalue weighted by Gasteiger charge is -2.33. The van der Waals surface area contributed by atoms with Crippen LogP contribution in [0.15, 0.2) is 46.6 Å². The molecule has 0 bridgehead atoms. The Morgan fingerprint density at radius 3 is 2.73 bits per heavy atom. The third-order valence-electron chi connectivity index (χ3n) is 5.03. The molecule has 134 valence electrons. The van der Waals surface area contributed by atoms with E-state index in [1.165, 1.54) is 4.68 Å². The molecule has 1 saturated heterocycles. The molecule has 1 aliphatic rings. The van der Waals surface area contributed by atoms with Gasteiger partial charge >= 0.3 is 0 Å². The third-order valence-corrected chi connectivity index (χ3v) is 5.91. The van der Waals surface area contributed by atoms with Gasteiger partial charge in [-0.1, -0.05) is 24.3 Å². The summed E-state index contributed by atoms with van der Waals surface area (Å²) in [5.74, 6) is -0.0285. The largest absolute Gasteiger partial charge is 0.338 e. The van der Waals surface area contributed by atoms with Gasteiger partial charge in [0, 0.05) is 18.0 Å². The van der Waals surface area contributed by atoms with Crippen LogP contribution in [0.1, 0.15) is 26.2 Å². The topological polar surface area (TPSA) is 55.2 Å². The van der Waals surface area contributed by atoms with Gasteiger partial charge in [-0.2, -0.15) is 5.10 Å². The molecule has 1 fully saturated rings. The first kappa shape index (κ1) is 17.0. The van der Waals surface area contributed by atoms with E-state index in [9.17, 15) is 9.59 Å². The summed E-state index contributed by atoms with van der Waals surface area (Å²) in [6.45, 7) is 2.83. The van der Waals surface area contributed by atoms with E-state index in [1.54, 1.807) is 17.4 Å². The van der Waals surface area contributed by atoms with Crippen molar-refractivity contribution in [1.29, 1.82) is 0 Å². The van der Waals surface area contributed by atoms with Crippen LogP contribution in [0.4, 0.5) is 0 Å². The molecule has 2 aromatic heterocycles. The molecule has 0 aliphatic carbocycles. The highest BCUT2D eigenvalue weighted by Crippen LogP contribution is 2.28. The molecule has 5 nitrogen and oxygen atoms in total. The summed E-state index contributed by atoms with van der Waals surface area (Å²) in [7, 11) is 0. The first-order valence-corrected chi connectivity index (χ1v) is 9.86. The fourth-order valence-corrected chi connectivity index (χ4v) is 4.35. The lowest BCUT2D eigenvalue weighted by atomic mass is 10.0. The predicted molar refractivity (Wildman–Crippen MR) is 104 cm³/mol. The van der Waals surface area contributed by atoms with Gasteiger partial charge in [0.2, 0.25) is 5.91 Å². The number of carbonyl (C=O) groups excluding carboxylic acids is 1. The first-order valence-electron chi connectivity index (χ1n) is 8.98. The summed E-state index contributed by atoms with van der Waals surface area (Å²) in [5.41, 5.74) is 0.550. The normalized spacial score (nSPS) is 17.6. The highest BCUT2D eigenvalue weighted by Gasteiger charge is 2.24. The smallest absolute Gasteiger partial charge is 0.275 e. The van der Waals surface area contributed by atoms with Crippen molar-refractivity contribution in [3.05, 3.63) is 52.1 Å². The van der Waals surface area contributed by atoms with Gasteiger partial charge in [-0.25, -0.2) is 4.68 Å². The molecular formula is C20H21N3O2S. The van der Waals surface area contributed by atoms with E-state index < -0.39 is 0 Å². The standard InChI is InChI=1S/C20H21N3O2S/c1-14-7-4-5-11-22(14)18(24)13-23-20(25)16-9-3-2-8-15(16)19(21-23)17-10-6-12-26-17/h2-3,6,8-10,12,14H,4-5,7,11,13H2,1H3/t14-/m0/s1. The van der Waals surface area contributed by atoms with Crippen molar-refractivity contribution < 1.29 is 4.79 Å². The number of hydrogen-bond donors (Lipinski definition) is 0. The third kappa shape index (κ3) is 3.05. The number of hydrogen-bond acceptors (Lipinski definition) is 4. The van der Waals surface area contributed by atoms with Crippen molar-refractivity contribution in [3.63, 3.8) is 0 Å². The number of rotatable bonds is 3. The van der Waals surface area contributed by atoms with E-state index in [0.717, 1.165) is 41.8 Å². The fraction of sp³-hybridized carbons (Fsp3) is 0.350. The minimum absolute atomic E-state index is 0.00756. The molecule has 6 heteroatoms. The maximum Gasteiger partial charge on any atom is 0.275 e. The van der Waals surface area contributed by atoms with E-state index in [4.69, 9.17) is 0 Å². The maximum atomic E-state index is 12.9. The zero-order valence-corrected chi connectivity index (χ0v) is 15.5. The predicted octanol–water partition coefficient (Wildman–Crippen LogP) is 3.53. The van der Waals surface area contributed by atoms with E-state index in [0.29, 0.717) is 5.39 Å². The van der Waals surface area contributed by atoms with Gasteiger partial charge in [-0.3, -0.25) is 9.59 Å². The summed E-state index contributed by atoms with van der Waals surface area (Å²) in [4.78, 5) is 28.6. The molecule has 1 atom stereocenters. The van der Waals surface area contributed by atoms with Crippen LogP contribution in [-0.2, 0) is 11.3 Å². The van der Waals surface area contributed by atoms with Gasteiger partial charge in [0.25, 0.3) is 5.56 Å². The van der Waals surface area contributed by atoms with Crippen LogP contribution >= 0.6 is 11.3 Å². The Morgan fingerprint density at radius 1 is 1.19 bits per heavy atom. The fourth-order valence-electron chi connectivity index (χ4n) is 3.63. The number of aromatic nitrogens is 2. The van der Waals surface area contributed by atoms with Crippen LogP contribution in [0.3, 0.4) is 0 Å². The highest BCUT2D eigenvalue weighted by molar-refractivity contribution is 7.13. The number of benzene rings is 1. The average Bonchev–Trinajstić information content (AvgIpc) is 3.19. The monoisotopic (exact) mass is 367 g/mol. The van der Waals surface area contributed by atoms with E-state index in [2.05, 4.69) is 12.0 Å². The second-order valence-electron chi connectivity index (χ2n) is 6.77. The van der Waals surface area contributed by atoms with Crippen molar-refractivity contribution >= 4 is 28.0 Å². The molecule has 0 spiro atoms. The Kier molecular flexibility index (Phi) is 4.59. The van der Waals surface area contributed by atoms with Crippen LogP contribution in [0.2, 0.25) is 0 Å².